The number of likely N-dealkylation sites (N-methyl/N-ethyl adjacent to an activating group) is 1. The second kappa shape index (κ2) is 9.27. The number of morpholine rings is 1. The van der Waals surface area contributed by atoms with Crippen LogP contribution in [-0.4, -0.2) is 71.3 Å². The standard InChI is InChI=1S/C21H25N3O5S/c1-23(21(26)16-3-9-19(10-4-16)30(2,27)28)15-20(25)22-17-5-7-18(8-6-17)24-11-13-29-14-12-24/h3-10H,11-15H2,1-2H3,(H,22,25). The van der Waals surface area contributed by atoms with Crippen molar-refractivity contribution in [3.8, 4) is 0 Å². The van der Waals surface area contributed by atoms with Gasteiger partial charge in [0, 0.05) is 43.3 Å². The Morgan fingerprint density at radius 3 is 2.20 bits per heavy atom. The Hall–Kier alpha value is -2.91. The van der Waals surface area contributed by atoms with Gasteiger partial charge in [-0.15, -0.1) is 0 Å². The van der Waals surface area contributed by atoms with Crippen LogP contribution < -0.4 is 10.2 Å². The normalized spacial score (nSPS) is 14.3. The van der Waals surface area contributed by atoms with Gasteiger partial charge in [-0.3, -0.25) is 9.59 Å². The van der Waals surface area contributed by atoms with Crippen molar-refractivity contribution in [1.82, 2.24) is 4.90 Å². The number of carbonyl (C=O) groups excluding carboxylic acids is 2. The van der Waals surface area contributed by atoms with Gasteiger partial charge in [0.1, 0.15) is 0 Å². The van der Waals surface area contributed by atoms with Gasteiger partial charge in [-0.05, 0) is 48.5 Å². The monoisotopic (exact) mass is 431 g/mol. The van der Waals surface area contributed by atoms with E-state index < -0.39 is 9.84 Å². The molecule has 0 spiro atoms. The van der Waals surface area contributed by atoms with Crippen molar-refractivity contribution in [2.24, 2.45) is 0 Å². The zero-order chi connectivity index (χ0) is 21.7. The molecule has 0 radical (unpaired) electrons. The fraction of sp³-hybridized carbons (Fsp3) is 0.333. The van der Waals surface area contributed by atoms with Crippen molar-refractivity contribution in [1.29, 1.82) is 0 Å². The molecule has 1 heterocycles. The zero-order valence-electron chi connectivity index (χ0n) is 17.0. The minimum Gasteiger partial charge on any atom is -0.378 e. The molecule has 2 aromatic rings. The first-order chi connectivity index (χ1) is 14.2. The number of amides is 2. The predicted octanol–water partition coefficient (Wildman–Crippen LogP) is 1.64. The molecule has 1 aliphatic rings. The molecule has 3 rings (SSSR count). The lowest BCUT2D eigenvalue weighted by molar-refractivity contribution is -0.116. The van der Waals surface area contributed by atoms with E-state index >= 15 is 0 Å². The van der Waals surface area contributed by atoms with Gasteiger partial charge in [-0.2, -0.15) is 0 Å². The van der Waals surface area contributed by atoms with Crippen LogP contribution in [0.4, 0.5) is 11.4 Å². The highest BCUT2D eigenvalue weighted by Gasteiger charge is 2.17. The second-order valence-corrected chi connectivity index (χ2v) is 9.17. The predicted molar refractivity (Wildman–Crippen MR) is 115 cm³/mol. The quantitative estimate of drug-likeness (QED) is 0.747. The number of nitrogens with zero attached hydrogens (tertiary/aromatic N) is 2. The largest absolute Gasteiger partial charge is 0.378 e. The van der Waals surface area contributed by atoms with E-state index in [1.165, 1.54) is 36.2 Å². The molecule has 0 saturated carbocycles. The minimum atomic E-state index is -3.33. The van der Waals surface area contributed by atoms with Crippen molar-refractivity contribution >= 4 is 33.0 Å². The van der Waals surface area contributed by atoms with Crippen molar-refractivity contribution in [2.75, 3.05) is 56.4 Å². The molecule has 8 nitrogen and oxygen atoms in total. The number of hydrogen-bond donors (Lipinski definition) is 1. The molecule has 0 unspecified atom stereocenters. The Morgan fingerprint density at radius 1 is 1.03 bits per heavy atom. The van der Waals surface area contributed by atoms with E-state index in [4.69, 9.17) is 4.74 Å². The molecule has 1 fully saturated rings. The lowest BCUT2D eigenvalue weighted by Crippen LogP contribution is -2.36. The van der Waals surface area contributed by atoms with Gasteiger partial charge < -0.3 is 19.9 Å². The number of ether oxygens (including phenoxy) is 1. The molecule has 1 N–H and O–H groups in total. The molecule has 9 heteroatoms. The number of sulfone groups is 1. The molecule has 30 heavy (non-hydrogen) atoms. The molecule has 0 aromatic heterocycles. The topological polar surface area (TPSA) is 96.0 Å². The van der Waals surface area contributed by atoms with Gasteiger partial charge in [0.2, 0.25) is 5.91 Å². The van der Waals surface area contributed by atoms with Gasteiger partial charge in [0.05, 0.1) is 24.7 Å². The third-order valence-corrected chi connectivity index (χ3v) is 5.91. The maximum absolute atomic E-state index is 12.5. The number of hydrogen-bond acceptors (Lipinski definition) is 6. The van der Waals surface area contributed by atoms with Gasteiger partial charge in [-0.1, -0.05) is 0 Å². The number of nitrogens with one attached hydrogen (secondary N) is 1. The van der Waals surface area contributed by atoms with Crippen LogP contribution in [-0.2, 0) is 19.4 Å². The summed E-state index contributed by atoms with van der Waals surface area (Å²) in [7, 11) is -1.81. The summed E-state index contributed by atoms with van der Waals surface area (Å²) in [5, 5.41) is 2.78. The summed E-state index contributed by atoms with van der Waals surface area (Å²) < 4.78 is 28.4. The van der Waals surface area contributed by atoms with E-state index in [-0.39, 0.29) is 23.3 Å². The van der Waals surface area contributed by atoms with E-state index in [2.05, 4.69) is 10.2 Å². The fourth-order valence-electron chi connectivity index (χ4n) is 3.13. The van der Waals surface area contributed by atoms with Gasteiger partial charge in [0.25, 0.3) is 5.91 Å². The summed E-state index contributed by atoms with van der Waals surface area (Å²) in [5.74, 6) is -0.689. The molecule has 2 aromatic carbocycles. The summed E-state index contributed by atoms with van der Waals surface area (Å²) in [6.07, 6.45) is 1.10. The third kappa shape index (κ3) is 5.58. The SMILES string of the molecule is CN(CC(=O)Nc1ccc(N2CCOCC2)cc1)C(=O)c1ccc(S(C)(=O)=O)cc1. The van der Waals surface area contributed by atoms with Crippen LogP contribution in [0.1, 0.15) is 10.4 Å². The molecule has 1 aliphatic heterocycles. The van der Waals surface area contributed by atoms with Crippen molar-refractivity contribution < 1.29 is 22.7 Å². The van der Waals surface area contributed by atoms with Gasteiger partial charge in [-0.25, -0.2) is 8.42 Å². The second-order valence-electron chi connectivity index (χ2n) is 7.15. The van der Waals surface area contributed by atoms with E-state index in [1.54, 1.807) is 0 Å². The smallest absolute Gasteiger partial charge is 0.254 e. The molecule has 160 valence electrons. The lowest BCUT2D eigenvalue weighted by atomic mass is 10.2. The Balaban J connectivity index is 1.55. The molecule has 1 saturated heterocycles. The average molecular weight is 432 g/mol. The van der Waals surface area contributed by atoms with Crippen molar-refractivity contribution in [2.45, 2.75) is 4.90 Å². The molecule has 0 atom stereocenters. The first-order valence-electron chi connectivity index (χ1n) is 9.52. The first kappa shape index (κ1) is 21.8. The van der Waals surface area contributed by atoms with E-state index in [0.29, 0.717) is 24.5 Å². The molecule has 0 aliphatic carbocycles. The highest BCUT2D eigenvalue weighted by atomic mass is 32.2. The zero-order valence-corrected chi connectivity index (χ0v) is 17.8. The number of anilines is 2. The summed E-state index contributed by atoms with van der Waals surface area (Å²) >= 11 is 0. The molecule has 0 bridgehead atoms. The molecule has 2 amide bonds. The Morgan fingerprint density at radius 2 is 1.63 bits per heavy atom. The summed E-state index contributed by atoms with van der Waals surface area (Å²) in [6.45, 7) is 2.96. The van der Waals surface area contributed by atoms with Crippen LogP contribution in [0.25, 0.3) is 0 Å². The molecular formula is C21H25N3O5S. The highest BCUT2D eigenvalue weighted by Crippen LogP contribution is 2.19. The van der Waals surface area contributed by atoms with Crippen LogP contribution in [0.3, 0.4) is 0 Å². The minimum absolute atomic E-state index is 0.127. The Labute approximate surface area is 176 Å². The van der Waals surface area contributed by atoms with E-state index in [9.17, 15) is 18.0 Å². The van der Waals surface area contributed by atoms with Gasteiger partial charge >= 0.3 is 0 Å². The van der Waals surface area contributed by atoms with Crippen LogP contribution >= 0.6 is 0 Å². The third-order valence-electron chi connectivity index (χ3n) is 4.78. The molecular weight excluding hydrogens is 406 g/mol. The van der Waals surface area contributed by atoms with Gasteiger partial charge in [0.15, 0.2) is 9.84 Å². The van der Waals surface area contributed by atoms with Crippen LogP contribution in [0.5, 0.6) is 0 Å². The van der Waals surface area contributed by atoms with E-state index in [0.717, 1.165) is 25.0 Å². The lowest BCUT2D eigenvalue weighted by Gasteiger charge is -2.28. The van der Waals surface area contributed by atoms with Crippen LogP contribution in [0.15, 0.2) is 53.4 Å². The van der Waals surface area contributed by atoms with Crippen molar-refractivity contribution in [3.63, 3.8) is 0 Å². The van der Waals surface area contributed by atoms with Crippen LogP contribution in [0.2, 0.25) is 0 Å². The Bertz CT molecular complexity index is 998. The maximum atomic E-state index is 12.5. The first-order valence-corrected chi connectivity index (χ1v) is 11.4. The number of benzene rings is 2. The van der Waals surface area contributed by atoms with E-state index in [1.807, 2.05) is 24.3 Å². The number of rotatable bonds is 6. The average Bonchev–Trinajstić information content (AvgIpc) is 2.73. The fourth-order valence-corrected chi connectivity index (χ4v) is 3.76. The maximum Gasteiger partial charge on any atom is 0.254 e. The summed E-state index contributed by atoms with van der Waals surface area (Å²) in [6, 6.07) is 13.2. The Kier molecular flexibility index (Phi) is 6.73. The van der Waals surface area contributed by atoms with Crippen LogP contribution in [0, 0.1) is 0 Å². The summed E-state index contributed by atoms with van der Waals surface area (Å²) in [5.41, 5.74) is 2.03. The summed E-state index contributed by atoms with van der Waals surface area (Å²) in [4.78, 5) is 28.5. The van der Waals surface area contributed by atoms with Crippen molar-refractivity contribution in [3.05, 3.63) is 54.1 Å². The highest BCUT2D eigenvalue weighted by molar-refractivity contribution is 7.90. The number of carbonyl (C=O) groups is 2.